The first-order valence-electron chi connectivity index (χ1n) is 3.44. The van der Waals surface area contributed by atoms with Crippen molar-refractivity contribution in [3.05, 3.63) is 12.2 Å². The van der Waals surface area contributed by atoms with E-state index in [4.69, 9.17) is 5.11 Å². The number of halogens is 1. The van der Waals surface area contributed by atoms with Gasteiger partial charge in [-0.25, -0.2) is 4.79 Å². The maximum atomic E-state index is 10.8. The first-order valence-corrected chi connectivity index (χ1v) is 3.44. The Kier molecular flexibility index (Phi) is 8.16. The summed E-state index contributed by atoms with van der Waals surface area (Å²) < 4.78 is 0. The van der Waals surface area contributed by atoms with E-state index in [0.717, 1.165) is 0 Å². The summed E-state index contributed by atoms with van der Waals surface area (Å²) in [5.74, 6) is -0.262. The molecule has 5 nitrogen and oxygen atoms in total. The largest absolute Gasteiger partial charge is 0.465 e. The van der Waals surface area contributed by atoms with Crippen molar-refractivity contribution >= 4 is 24.4 Å². The number of carbonyl (C=O) groups is 2. The Labute approximate surface area is 82.6 Å². The molecule has 0 aromatic rings. The van der Waals surface area contributed by atoms with Crippen molar-refractivity contribution in [2.75, 3.05) is 13.1 Å². The molecule has 13 heavy (non-hydrogen) atoms. The molecule has 0 unspecified atom stereocenters. The van der Waals surface area contributed by atoms with Gasteiger partial charge in [0.25, 0.3) is 0 Å². The van der Waals surface area contributed by atoms with Crippen LogP contribution in [0.1, 0.15) is 6.92 Å². The molecule has 3 N–H and O–H groups in total. The van der Waals surface area contributed by atoms with E-state index in [9.17, 15) is 9.59 Å². The number of hydrogen-bond acceptors (Lipinski definition) is 2. The maximum absolute atomic E-state index is 10.8. The Balaban J connectivity index is 0. The molecule has 0 rings (SSSR count). The fourth-order valence-corrected chi connectivity index (χ4v) is 0.496. The van der Waals surface area contributed by atoms with Crippen LogP contribution in [0.25, 0.3) is 0 Å². The SMILES string of the molecule is C=C(C)C(=O)NCCNC(=O)O.Cl. The summed E-state index contributed by atoms with van der Waals surface area (Å²) in [5, 5.41) is 12.7. The van der Waals surface area contributed by atoms with Crippen LogP contribution in [0, 0.1) is 0 Å². The minimum absolute atomic E-state index is 0. The van der Waals surface area contributed by atoms with Gasteiger partial charge >= 0.3 is 6.09 Å². The molecule has 0 saturated carbocycles. The summed E-state index contributed by atoms with van der Waals surface area (Å²) in [5.41, 5.74) is 0.408. The Hall–Kier alpha value is -1.23. The van der Waals surface area contributed by atoms with Crippen molar-refractivity contribution in [2.24, 2.45) is 0 Å². The minimum atomic E-state index is -1.10. The molecule has 0 aromatic carbocycles. The Bertz CT molecular complexity index is 206. The summed E-state index contributed by atoms with van der Waals surface area (Å²) in [6.45, 7) is 5.48. The summed E-state index contributed by atoms with van der Waals surface area (Å²) in [4.78, 5) is 20.7. The van der Waals surface area contributed by atoms with E-state index >= 15 is 0 Å². The predicted molar refractivity (Wildman–Crippen MR) is 51.1 cm³/mol. The number of carboxylic acid groups (broad SMARTS) is 1. The van der Waals surface area contributed by atoms with E-state index < -0.39 is 6.09 Å². The minimum Gasteiger partial charge on any atom is -0.465 e. The lowest BCUT2D eigenvalue weighted by Gasteiger charge is -2.03. The molecule has 0 radical (unpaired) electrons. The highest BCUT2D eigenvalue weighted by Gasteiger charge is 1.99. The molecule has 0 aliphatic carbocycles. The molecule has 6 heteroatoms. The lowest BCUT2D eigenvalue weighted by atomic mass is 10.3. The molecule has 0 bridgehead atoms. The number of carbonyl (C=O) groups excluding carboxylic acids is 1. The number of amides is 2. The zero-order valence-corrected chi connectivity index (χ0v) is 8.11. The van der Waals surface area contributed by atoms with Gasteiger partial charge in [0.1, 0.15) is 0 Å². The molecule has 0 aliphatic rings. The molecule has 0 saturated heterocycles. The van der Waals surface area contributed by atoms with Crippen LogP contribution in [-0.2, 0) is 4.79 Å². The molecule has 0 spiro atoms. The molecule has 2 amide bonds. The summed E-state index contributed by atoms with van der Waals surface area (Å²) >= 11 is 0. The van der Waals surface area contributed by atoms with Crippen LogP contribution < -0.4 is 10.6 Å². The standard InChI is InChI=1S/C7H12N2O3.ClH/c1-5(2)6(10)8-3-4-9-7(11)12;/h9H,1,3-4H2,2H3,(H,8,10)(H,11,12);1H. The third kappa shape index (κ3) is 8.68. The second-order valence-electron chi connectivity index (χ2n) is 2.27. The molecule has 0 fully saturated rings. The molecular formula is C7H13ClN2O3. The van der Waals surface area contributed by atoms with Crippen LogP contribution in [-0.4, -0.2) is 30.2 Å². The van der Waals surface area contributed by atoms with Crippen LogP contribution in [0.3, 0.4) is 0 Å². The zero-order chi connectivity index (χ0) is 9.56. The van der Waals surface area contributed by atoms with Gasteiger partial charge in [-0.1, -0.05) is 6.58 Å². The van der Waals surface area contributed by atoms with Gasteiger partial charge in [-0.05, 0) is 6.92 Å². The van der Waals surface area contributed by atoms with Crippen molar-refractivity contribution in [3.63, 3.8) is 0 Å². The van der Waals surface area contributed by atoms with Gasteiger partial charge in [-0.2, -0.15) is 0 Å². The number of hydrogen-bond donors (Lipinski definition) is 3. The quantitative estimate of drug-likeness (QED) is 0.461. The van der Waals surface area contributed by atoms with Crippen molar-refractivity contribution in [3.8, 4) is 0 Å². The normalized spacial score (nSPS) is 8.08. The third-order valence-electron chi connectivity index (χ3n) is 1.07. The molecule has 0 aromatic heterocycles. The van der Waals surface area contributed by atoms with Gasteiger partial charge in [-0.3, -0.25) is 4.79 Å². The highest BCUT2D eigenvalue weighted by Crippen LogP contribution is 1.83. The van der Waals surface area contributed by atoms with Gasteiger partial charge in [-0.15, -0.1) is 12.4 Å². The summed E-state index contributed by atoms with van der Waals surface area (Å²) in [6, 6.07) is 0. The van der Waals surface area contributed by atoms with E-state index in [-0.39, 0.29) is 31.4 Å². The highest BCUT2D eigenvalue weighted by molar-refractivity contribution is 5.92. The van der Waals surface area contributed by atoms with E-state index in [0.29, 0.717) is 5.57 Å². The summed E-state index contributed by atoms with van der Waals surface area (Å²) in [6.07, 6.45) is -1.10. The molecule has 0 aliphatic heterocycles. The first-order chi connectivity index (χ1) is 5.54. The third-order valence-corrected chi connectivity index (χ3v) is 1.07. The van der Waals surface area contributed by atoms with Crippen LogP contribution in [0.4, 0.5) is 4.79 Å². The molecule has 0 atom stereocenters. The average molecular weight is 209 g/mol. The topological polar surface area (TPSA) is 78.4 Å². The molecule has 0 heterocycles. The van der Waals surface area contributed by atoms with Crippen molar-refractivity contribution in [2.45, 2.75) is 6.92 Å². The Morgan fingerprint density at radius 3 is 2.15 bits per heavy atom. The predicted octanol–water partition coefficient (Wildman–Crippen LogP) is 0.368. The lowest BCUT2D eigenvalue weighted by Crippen LogP contribution is -2.34. The Morgan fingerprint density at radius 1 is 1.31 bits per heavy atom. The van der Waals surface area contributed by atoms with E-state index in [1.165, 1.54) is 0 Å². The number of rotatable bonds is 4. The summed E-state index contributed by atoms with van der Waals surface area (Å²) in [7, 11) is 0. The highest BCUT2D eigenvalue weighted by atomic mass is 35.5. The van der Waals surface area contributed by atoms with E-state index in [1.54, 1.807) is 6.92 Å². The van der Waals surface area contributed by atoms with Crippen molar-refractivity contribution in [1.82, 2.24) is 10.6 Å². The lowest BCUT2D eigenvalue weighted by molar-refractivity contribution is -0.117. The van der Waals surface area contributed by atoms with Gasteiger partial charge in [0.2, 0.25) is 5.91 Å². The van der Waals surface area contributed by atoms with Gasteiger partial charge in [0.05, 0.1) is 0 Å². The Morgan fingerprint density at radius 2 is 1.77 bits per heavy atom. The zero-order valence-electron chi connectivity index (χ0n) is 7.29. The maximum Gasteiger partial charge on any atom is 0.404 e. The van der Waals surface area contributed by atoms with Gasteiger partial charge in [0, 0.05) is 18.7 Å². The van der Waals surface area contributed by atoms with Crippen molar-refractivity contribution in [1.29, 1.82) is 0 Å². The number of nitrogens with one attached hydrogen (secondary N) is 2. The first kappa shape index (κ1) is 14.3. The van der Waals surface area contributed by atoms with Crippen molar-refractivity contribution < 1.29 is 14.7 Å². The van der Waals surface area contributed by atoms with Crippen LogP contribution in [0.2, 0.25) is 0 Å². The van der Waals surface area contributed by atoms with Crippen LogP contribution in [0.5, 0.6) is 0 Å². The fourth-order valence-electron chi connectivity index (χ4n) is 0.496. The second kappa shape index (κ2) is 7.42. The van der Waals surface area contributed by atoms with Gasteiger partial charge in [0.15, 0.2) is 0 Å². The average Bonchev–Trinajstić information content (AvgIpc) is 1.97. The molecule has 76 valence electrons. The van der Waals surface area contributed by atoms with Crippen LogP contribution >= 0.6 is 12.4 Å². The monoisotopic (exact) mass is 208 g/mol. The van der Waals surface area contributed by atoms with Gasteiger partial charge < -0.3 is 15.7 Å². The fraction of sp³-hybridized carbons (Fsp3) is 0.429. The second-order valence-corrected chi connectivity index (χ2v) is 2.27. The van der Waals surface area contributed by atoms with E-state index in [2.05, 4.69) is 17.2 Å². The smallest absolute Gasteiger partial charge is 0.404 e. The van der Waals surface area contributed by atoms with Crippen LogP contribution in [0.15, 0.2) is 12.2 Å². The van der Waals surface area contributed by atoms with E-state index in [1.807, 2.05) is 0 Å². The molecular weight excluding hydrogens is 196 g/mol.